The Morgan fingerprint density at radius 1 is 1.40 bits per heavy atom. The first-order valence-corrected chi connectivity index (χ1v) is 7.96. The van der Waals surface area contributed by atoms with E-state index in [2.05, 4.69) is 15.1 Å². The fraction of sp³-hybridized carbons (Fsp3) is 0.294. The first kappa shape index (κ1) is 15.5. The Morgan fingerprint density at radius 2 is 2.28 bits per heavy atom. The lowest BCUT2D eigenvalue weighted by molar-refractivity contribution is 0.0136. The molecule has 1 aromatic carbocycles. The quantitative estimate of drug-likeness (QED) is 0.772. The van der Waals surface area contributed by atoms with Crippen LogP contribution in [0.15, 0.2) is 47.5 Å². The molecule has 128 valence electrons. The van der Waals surface area contributed by atoms with Gasteiger partial charge in [0, 0.05) is 36.6 Å². The van der Waals surface area contributed by atoms with Gasteiger partial charge in [0.25, 0.3) is 11.8 Å². The molecule has 0 aliphatic carbocycles. The summed E-state index contributed by atoms with van der Waals surface area (Å²) in [6.07, 6.45) is 5.54. The second kappa shape index (κ2) is 5.82. The fourth-order valence-electron chi connectivity index (χ4n) is 3.02. The van der Waals surface area contributed by atoms with Crippen LogP contribution in [-0.4, -0.2) is 48.7 Å². The van der Waals surface area contributed by atoms with E-state index in [9.17, 15) is 9.90 Å². The summed E-state index contributed by atoms with van der Waals surface area (Å²) in [5.74, 6) is 0.475. The van der Waals surface area contributed by atoms with Crippen molar-refractivity contribution in [2.45, 2.75) is 18.9 Å². The highest BCUT2D eigenvalue weighted by Crippen LogP contribution is 2.31. The number of imidazole rings is 1. The lowest BCUT2D eigenvalue weighted by atomic mass is 10.0. The molecule has 1 saturated heterocycles. The number of carbonyl (C=O) groups excluding carboxylic acids is 1. The molecular weight excluding hydrogens is 322 g/mol. The van der Waals surface area contributed by atoms with Gasteiger partial charge < -0.3 is 19.1 Å². The number of aryl methyl sites for hydroxylation is 1. The number of hydrogen-bond acceptors (Lipinski definition) is 6. The minimum absolute atomic E-state index is 0.128. The molecule has 4 rings (SSSR count). The lowest BCUT2D eigenvalue weighted by Gasteiger charge is -2.20. The van der Waals surface area contributed by atoms with Crippen molar-refractivity contribution in [1.82, 2.24) is 24.6 Å². The molecule has 3 aromatic rings. The molecule has 3 heterocycles. The monoisotopic (exact) mass is 339 g/mol. The van der Waals surface area contributed by atoms with Crippen molar-refractivity contribution in [2.24, 2.45) is 0 Å². The lowest BCUT2D eigenvalue weighted by Crippen LogP contribution is -2.34. The van der Waals surface area contributed by atoms with Gasteiger partial charge in [-0.2, -0.15) is 4.98 Å². The number of rotatable bonds is 3. The third-order valence-corrected chi connectivity index (χ3v) is 4.36. The minimum atomic E-state index is -1.29. The summed E-state index contributed by atoms with van der Waals surface area (Å²) in [5.41, 5.74) is 0.112. The highest BCUT2D eigenvalue weighted by molar-refractivity contribution is 5.95. The molecule has 0 bridgehead atoms. The van der Waals surface area contributed by atoms with E-state index in [0.717, 1.165) is 5.69 Å². The summed E-state index contributed by atoms with van der Waals surface area (Å²) in [6.45, 7) is 2.24. The third kappa shape index (κ3) is 2.80. The van der Waals surface area contributed by atoms with Crippen molar-refractivity contribution in [3.05, 3.63) is 60.3 Å². The highest BCUT2D eigenvalue weighted by atomic mass is 16.5. The Bertz CT molecular complexity index is 905. The van der Waals surface area contributed by atoms with Crippen LogP contribution in [0.3, 0.4) is 0 Å². The number of nitrogens with zero attached hydrogens (tertiary/aromatic N) is 5. The Balaban J connectivity index is 1.55. The van der Waals surface area contributed by atoms with Gasteiger partial charge >= 0.3 is 0 Å². The van der Waals surface area contributed by atoms with E-state index in [1.165, 1.54) is 0 Å². The summed E-state index contributed by atoms with van der Waals surface area (Å²) in [5, 5.41) is 14.5. The topological polar surface area (TPSA) is 97.3 Å². The molecule has 0 unspecified atom stereocenters. The number of hydrogen-bond donors (Lipinski definition) is 1. The van der Waals surface area contributed by atoms with Crippen molar-refractivity contribution in [3.8, 4) is 5.69 Å². The first-order chi connectivity index (χ1) is 12.0. The van der Waals surface area contributed by atoms with Gasteiger partial charge in [0.15, 0.2) is 11.4 Å². The smallest absolute Gasteiger partial charge is 0.260 e. The van der Waals surface area contributed by atoms with Crippen LogP contribution in [0.25, 0.3) is 5.69 Å². The fourth-order valence-corrected chi connectivity index (χ4v) is 3.02. The normalized spacial score (nSPS) is 20.2. The summed E-state index contributed by atoms with van der Waals surface area (Å²) in [6, 6.07) is 7.29. The molecule has 8 heteroatoms. The van der Waals surface area contributed by atoms with E-state index in [0.29, 0.717) is 24.4 Å². The Hall–Kier alpha value is -3.00. The molecule has 2 aromatic heterocycles. The number of likely N-dealkylation sites (tertiary alicyclic amines) is 1. The number of amides is 1. The highest BCUT2D eigenvalue weighted by Gasteiger charge is 2.44. The molecule has 1 amide bonds. The molecular formula is C17H17N5O3. The number of benzene rings is 1. The van der Waals surface area contributed by atoms with Crippen molar-refractivity contribution in [2.75, 3.05) is 13.1 Å². The molecule has 1 N–H and O–H groups in total. The van der Waals surface area contributed by atoms with Gasteiger partial charge in [0.2, 0.25) is 0 Å². The number of β-amino-alcohol motifs (C(OH)–C–C–N with tert-alkyl or cyclic N) is 1. The van der Waals surface area contributed by atoms with Gasteiger partial charge in [0.05, 0.1) is 12.9 Å². The van der Waals surface area contributed by atoms with Gasteiger partial charge in [-0.05, 0) is 25.1 Å². The number of carbonyl (C=O) groups is 1. The zero-order valence-corrected chi connectivity index (χ0v) is 13.7. The summed E-state index contributed by atoms with van der Waals surface area (Å²) < 4.78 is 6.93. The molecule has 1 aliphatic rings. The van der Waals surface area contributed by atoms with Crippen molar-refractivity contribution >= 4 is 5.91 Å². The van der Waals surface area contributed by atoms with E-state index in [1.54, 1.807) is 36.5 Å². The summed E-state index contributed by atoms with van der Waals surface area (Å²) >= 11 is 0. The predicted molar refractivity (Wildman–Crippen MR) is 87.0 cm³/mol. The van der Waals surface area contributed by atoms with E-state index >= 15 is 0 Å². The first-order valence-electron chi connectivity index (χ1n) is 7.96. The molecule has 1 atom stereocenters. The van der Waals surface area contributed by atoms with Crippen LogP contribution in [0.5, 0.6) is 0 Å². The van der Waals surface area contributed by atoms with Crippen LogP contribution < -0.4 is 0 Å². The van der Waals surface area contributed by atoms with Crippen LogP contribution in [0.1, 0.15) is 28.5 Å². The Morgan fingerprint density at radius 3 is 3.00 bits per heavy atom. The SMILES string of the molecule is Cc1noc([C@]2(O)CCN(C(=O)c3cccc(-n4ccnc4)c3)C2)n1. The summed E-state index contributed by atoms with van der Waals surface area (Å²) in [7, 11) is 0. The van der Waals surface area contributed by atoms with Crippen LogP contribution in [0.4, 0.5) is 0 Å². The van der Waals surface area contributed by atoms with Gasteiger partial charge in [-0.1, -0.05) is 11.2 Å². The second-order valence-corrected chi connectivity index (χ2v) is 6.18. The predicted octanol–water partition coefficient (Wildman–Crippen LogP) is 1.30. The Kier molecular flexibility index (Phi) is 3.61. The van der Waals surface area contributed by atoms with Crippen molar-refractivity contribution in [1.29, 1.82) is 0 Å². The van der Waals surface area contributed by atoms with Gasteiger partial charge in [0.1, 0.15) is 0 Å². The molecule has 8 nitrogen and oxygen atoms in total. The molecule has 1 fully saturated rings. The summed E-state index contributed by atoms with van der Waals surface area (Å²) in [4.78, 5) is 22.5. The van der Waals surface area contributed by atoms with Crippen LogP contribution in [-0.2, 0) is 5.60 Å². The van der Waals surface area contributed by atoms with Crippen LogP contribution in [0.2, 0.25) is 0 Å². The van der Waals surface area contributed by atoms with Crippen molar-refractivity contribution < 1.29 is 14.4 Å². The largest absolute Gasteiger partial charge is 0.378 e. The van der Waals surface area contributed by atoms with Crippen LogP contribution in [0, 0.1) is 6.92 Å². The number of aliphatic hydroxyl groups is 1. The third-order valence-electron chi connectivity index (χ3n) is 4.36. The molecule has 0 spiro atoms. The maximum absolute atomic E-state index is 12.8. The molecule has 1 aliphatic heterocycles. The maximum Gasteiger partial charge on any atom is 0.260 e. The van der Waals surface area contributed by atoms with E-state index in [-0.39, 0.29) is 18.3 Å². The second-order valence-electron chi connectivity index (χ2n) is 6.18. The van der Waals surface area contributed by atoms with Gasteiger partial charge in [-0.25, -0.2) is 4.98 Å². The van der Waals surface area contributed by atoms with E-state index in [4.69, 9.17) is 4.52 Å². The number of aromatic nitrogens is 4. The van der Waals surface area contributed by atoms with E-state index in [1.807, 2.05) is 22.9 Å². The Labute approximate surface area is 143 Å². The van der Waals surface area contributed by atoms with Gasteiger partial charge in [-0.3, -0.25) is 4.79 Å². The van der Waals surface area contributed by atoms with E-state index < -0.39 is 5.60 Å². The standard InChI is InChI=1S/C17H17N5O3/c1-12-19-16(25-20-12)17(24)5-7-21(10-17)15(23)13-3-2-4-14(9-13)22-8-6-18-11-22/h2-4,6,8-9,11,24H,5,7,10H2,1H3/t17-/m0/s1. The van der Waals surface area contributed by atoms with Crippen LogP contribution >= 0.6 is 0 Å². The average molecular weight is 339 g/mol. The molecule has 0 saturated carbocycles. The van der Waals surface area contributed by atoms with Gasteiger partial charge in [-0.15, -0.1) is 0 Å². The maximum atomic E-state index is 12.8. The molecule has 25 heavy (non-hydrogen) atoms. The average Bonchev–Trinajstić information content (AvgIpc) is 3.35. The minimum Gasteiger partial charge on any atom is -0.378 e. The van der Waals surface area contributed by atoms with Crippen molar-refractivity contribution in [3.63, 3.8) is 0 Å². The zero-order chi connectivity index (χ0) is 17.4. The molecule has 0 radical (unpaired) electrons. The zero-order valence-electron chi connectivity index (χ0n) is 13.7.